The van der Waals surface area contributed by atoms with E-state index in [2.05, 4.69) is 5.10 Å². The fourth-order valence-corrected chi connectivity index (χ4v) is 2.45. The zero-order valence-corrected chi connectivity index (χ0v) is 11.7. The maximum absolute atomic E-state index is 10.5. The third-order valence-electron chi connectivity index (χ3n) is 3.32. The Kier molecular flexibility index (Phi) is 4.98. The number of nitrogens with zero attached hydrogens (tertiary/aromatic N) is 2. The second-order valence-electron chi connectivity index (χ2n) is 4.11. The fraction of sp³-hybridized carbons (Fsp3) is 0.750. The number of hydrogen-bond donors (Lipinski definition) is 1. The van der Waals surface area contributed by atoms with Crippen LogP contribution < -0.4 is 0 Å². The van der Waals surface area contributed by atoms with Gasteiger partial charge in [-0.1, -0.05) is 25.4 Å². The summed E-state index contributed by atoms with van der Waals surface area (Å²) in [5, 5.41) is 15.1. The lowest BCUT2D eigenvalue weighted by Crippen LogP contribution is -2.39. The molecule has 0 spiro atoms. The molecule has 1 heterocycles. The first-order valence-corrected chi connectivity index (χ1v) is 6.39. The number of aryl methyl sites for hydroxylation is 1. The molecule has 1 atom stereocenters. The standard InChI is InChI=1S/C12H21ClN2O2/c1-5-12(6-2,17-7-3)11(16)10-9(13)8-14-15(10)4/h8,11,16H,5-7H2,1-4H3. The molecule has 5 heteroatoms. The van der Waals surface area contributed by atoms with E-state index in [1.54, 1.807) is 17.9 Å². The summed E-state index contributed by atoms with van der Waals surface area (Å²) in [5.41, 5.74) is 0.0236. The molecule has 0 bridgehead atoms. The molecule has 1 aromatic rings. The number of aliphatic hydroxyl groups excluding tert-OH is 1. The van der Waals surface area contributed by atoms with Crippen molar-refractivity contribution in [2.24, 2.45) is 7.05 Å². The zero-order chi connectivity index (χ0) is 13.1. The molecule has 0 aromatic carbocycles. The molecular weight excluding hydrogens is 240 g/mol. The minimum absolute atomic E-state index is 0.478. The summed E-state index contributed by atoms with van der Waals surface area (Å²) in [5.74, 6) is 0. The van der Waals surface area contributed by atoms with E-state index in [0.717, 1.165) is 12.8 Å². The largest absolute Gasteiger partial charge is 0.384 e. The molecular formula is C12H21ClN2O2. The summed E-state index contributed by atoms with van der Waals surface area (Å²) in [6.07, 6.45) is 2.22. The smallest absolute Gasteiger partial charge is 0.126 e. The van der Waals surface area contributed by atoms with E-state index in [0.29, 0.717) is 17.3 Å². The van der Waals surface area contributed by atoms with Gasteiger partial charge in [0.15, 0.2) is 0 Å². The van der Waals surface area contributed by atoms with Gasteiger partial charge in [0.25, 0.3) is 0 Å². The molecule has 0 saturated carbocycles. The summed E-state index contributed by atoms with van der Waals surface area (Å²) < 4.78 is 7.38. The second kappa shape index (κ2) is 5.85. The number of hydrogen-bond acceptors (Lipinski definition) is 3. The van der Waals surface area contributed by atoms with Crippen molar-refractivity contribution in [1.29, 1.82) is 0 Å². The molecule has 1 N–H and O–H groups in total. The van der Waals surface area contributed by atoms with Crippen molar-refractivity contribution < 1.29 is 9.84 Å². The van der Waals surface area contributed by atoms with Crippen molar-refractivity contribution in [3.63, 3.8) is 0 Å². The average Bonchev–Trinajstić information content (AvgIpc) is 2.65. The maximum atomic E-state index is 10.5. The first-order chi connectivity index (χ1) is 8.02. The highest BCUT2D eigenvalue weighted by atomic mass is 35.5. The Hall–Kier alpha value is -0.580. The molecule has 0 aliphatic carbocycles. The van der Waals surface area contributed by atoms with Crippen molar-refractivity contribution in [2.45, 2.75) is 45.3 Å². The normalized spacial score (nSPS) is 14.0. The monoisotopic (exact) mass is 260 g/mol. The summed E-state index contributed by atoms with van der Waals surface area (Å²) >= 11 is 6.06. The molecule has 4 nitrogen and oxygen atoms in total. The van der Waals surface area contributed by atoms with Crippen LogP contribution in [-0.4, -0.2) is 27.1 Å². The summed E-state index contributed by atoms with van der Waals surface area (Å²) in [7, 11) is 1.77. The van der Waals surface area contributed by atoms with Gasteiger partial charge in [0.05, 0.1) is 22.5 Å². The van der Waals surface area contributed by atoms with Crippen molar-refractivity contribution in [2.75, 3.05) is 6.61 Å². The van der Waals surface area contributed by atoms with E-state index in [9.17, 15) is 5.11 Å². The van der Waals surface area contributed by atoms with E-state index in [4.69, 9.17) is 16.3 Å². The Balaban J connectivity index is 3.11. The van der Waals surface area contributed by atoms with Crippen molar-refractivity contribution in [3.05, 3.63) is 16.9 Å². The van der Waals surface area contributed by atoms with Crippen molar-refractivity contribution in [3.8, 4) is 0 Å². The summed E-state index contributed by atoms with van der Waals surface area (Å²) in [4.78, 5) is 0. The van der Waals surface area contributed by atoms with Crippen molar-refractivity contribution in [1.82, 2.24) is 9.78 Å². The van der Waals surface area contributed by atoms with E-state index >= 15 is 0 Å². The van der Waals surface area contributed by atoms with Crippen LogP contribution in [0.2, 0.25) is 5.02 Å². The highest BCUT2D eigenvalue weighted by Gasteiger charge is 2.39. The number of halogens is 1. The molecule has 1 unspecified atom stereocenters. The van der Waals surface area contributed by atoms with Crippen LogP contribution in [0, 0.1) is 0 Å². The van der Waals surface area contributed by atoms with Crippen molar-refractivity contribution >= 4 is 11.6 Å². The van der Waals surface area contributed by atoms with Gasteiger partial charge in [-0.15, -0.1) is 0 Å². The minimum Gasteiger partial charge on any atom is -0.384 e. The summed E-state index contributed by atoms with van der Waals surface area (Å²) in [6.45, 7) is 6.51. The Morgan fingerprint density at radius 2 is 2.06 bits per heavy atom. The van der Waals surface area contributed by atoms with Crippen LogP contribution in [0.4, 0.5) is 0 Å². The molecule has 0 aliphatic heterocycles. The maximum Gasteiger partial charge on any atom is 0.126 e. The molecule has 0 amide bonds. The molecule has 17 heavy (non-hydrogen) atoms. The van der Waals surface area contributed by atoms with Crippen LogP contribution >= 0.6 is 11.6 Å². The van der Waals surface area contributed by atoms with Gasteiger partial charge in [-0.25, -0.2) is 0 Å². The van der Waals surface area contributed by atoms with E-state index in [1.807, 2.05) is 20.8 Å². The van der Waals surface area contributed by atoms with Gasteiger partial charge in [0, 0.05) is 13.7 Å². The summed E-state index contributed by atoms with van der Waals surface area (Å²) in [6, 6.07) is 0. The fourth-order valence-electron chi connectivity index (χ4n) is 2.18. The van der Waals surface area contributed by atoms with Crippen LogP contribution in [-0.2, 0) is 11.8 Å². The second-order valence-corrected chi connectivity index (χ2v) is 4.52. The van der Waals surface area contributed by atoms with Crippen LogP contribution in [0.1, 0.15) is 45.4 Å². The number of ether oxygens (including phenoxy) is 1. The highest BCUT2D eigenvalue weighted by molar-refractivity contribution is 6.31. The van der Waals surface area contributed by atoms with Gasteiger partial charge in [-0.05, 0) is 19.8 Å². The molecule has 0 fully saturated rings. The number of rotatable bonds is 6. The van der Waals surface area contributed by atoms with Gasteiger partial charge in [0.2, 0.25) is 0 Å². The van der Waals surface area contributed by atoms with Crippen LogP contribution in [0.3, 0.4) is 0 Å². The van der Waals surface area contributed by atoms with Crippen LogP contribution in [0.25, 0.3) is 0 Å². The highest BCUT2D eigenvalue weighted by Crippen LogP contribution is 2.37. The molecule has 1 rings (SSSR count). The molecule has 0 saturated heterocycles. The third-order valence-corrected chi connectivity index (χ3v) is 3.61. The Bertz CT molecular complexity index is 342. The van der Waals surface area contributed by atoms with E-state index < -0.39 is 11.7 Å². The van der Waals surface area contributed by atoms with Gasteiger partial charge in [0.1, 0.15) is 6.10 Å². The van der Waals surface area contributed by atoms with Crippen LogP contribution in [0.5, 0.6) is 0 Å². The SMILES string of the molecule is CCOC(CC)(CC)C(O)c1c(Cl)cnn1C. The number of aliphatic hydroxyl groups is 1. The molecule has 0 aliphatic rings. The molecule has 98 valence electrons. The lowest BCUT2D eigenvalue weighted by atomic mass is 9.88. The lowest BCUT2D eigenvalue weighted by Gasteiger charge is -2.36. The average molecular weight is 261 g/mol. The predicted molar refractivity (Wildman–Crippen MR) is 68.1 cm³/mol. The molecule has 0 radical (unpaired) electrons. The predicted octanol–water partition coefficient (Wildman–Crippen LogP) is 2.70. The minimum atomic E-state index is -0.766. The van der Waals surface area contributed by atoms with Gasteiger partial charge in [-0.3, -0.25) is 4.68 Å². The van der Waals surface area contributed by atoms with E-state index in [1.165, 1.54) is 0 Å². The number of aromatic nitrogens is 2. The first kappa shape index (κ1) is 14.5. The van der Waals surface area contributed by atoms with Crippen LogP contribution in [0.15, 0.2) is 6.20 Å². The Morgan fingerprint density at radius 1 is 1.47 bits per heavy atom. The Labute approximate surface area is 108 Å². The van der Waals surface area contributed by atoms with Gasteiger partial charge in [-0.2, -0.15) is 5.10 Å². The third kappa shape index (κ3) is 2.64. The topological polar surface area (TPSA) is 47.3 Å². The first-order valence-electron chi connectivity index (χ1n) is 6.01. The lowest BCUT2D eigenvalue weighted by molar-refractivity contribution is -0.129. The quantitative estimate of drug-likeness (QED) is 0.856. The Morgan fingerprint density at radius 3 is 2.41 bits per heavy atom. The molecule has 1 aromatic heterocycles. The van der Waals surface area contributed by atoms with Gasteiger partial charge < -0.3 is 9.84 Å². The van der Waals surface area contributed by atoms with Gasteiger partial charge >= 0.3 is 0 Å². The van der Waals surface area contributed by atoms with E-state index in [-0.39, 0.29) is 0 Å². The zero-order valence-electron chi connectivity index (χ0n) is 10.9.